The smallest absolute Gasteiger partial charge is 0.452 e. The number of benzene rings is 1. The van der Waals surface area contributed by atoms with Gasteiger partial charge < -0.3 is 9.16 Å². The third-order valence-electron chi connectivity index (χ3n) is 7.97. The monoisotopic (exact) mass is 549 g/mol. The molecule has 208 valence electrons. The zero-order chi connectivity index (χ0) is 28.8. The van der Waals surface area contributed by atoms with Crippen LogP contribution in [0.3, 0.4) is 0 Å². The van der Waals surface area contributed by atoms with Crippen molar-refractivity contribution in [2.45, 2.75) is 85.3 Å². The van der Waals surface area contributed by atoms with E-state index in [2.05, 4.69) is 44.1 Å². The summed E-state index contributed by atoms with van der Waals surface area (Å²) >= 11 is 0. The Balaban J connectivity index is 2.18. The molecule has 0 spiro atoms. The summed E-state index contributed by atoms with van der Waals surface area (Å²) < 4.78 is 53.0. The highest BCUT2D eigenvalue weighted by Crippen LogP contribution is 2.45. The molecule has 0 aliphatic carbocycles. The molecule has 2 heterocycles. The Morgan fingerprint density at radius 2 is 1.68 bits per heavy atom. The number of alkyl halides is 3. The van der Waals surface area contributed by atoms with Gasteiger partial charge in [-0.1, -0.05) is 39.0 Å². The number of nitrogens with zero attached hydrogens (tertiary/aromatic N) is 3. The van der Waals surface area contributed by atoms with E-state index in [1.807, 2.05) is 25.1 Å². The van der Waals surface area contributed by atoms with E-state index in [1.165, 1.54) is 13.3 Å². The summed E-state index contributed by atoms with van der Waals surface area (Å²) in [6.45, 7) is 18.7. The van der Waals surface area contributed by atoms with Crippen molar-refractivity contribution in [3.8, 4) is 0 Å². The fourth-order valence-corrected chi connectivity index (χ4v) is 5.42. The van der Waals surface area contributed by atoms with Gasteiger partial charge in [-0.25, -0.2) is 0 Å². The second kappa shape index (κ2) is 10.1. The number of halogens is 3. The third-order valence-corrected chi connectivity index (χ3v) is 12.4. The number of carbonyl (C=O) groups excluding carboxylic acids is 1. The van der Waals surface area contributed by atoms with E-state index >= 15 is 0 Å². The minimum Gasteiger partial charge on any atom is -0.469 e. The van der Waals surface area contributed by atoms with Crippen LogP contribution in [0.1, 0.15) is 74.2 Å². The normalized spacial score (nSPS) is 14.1. The number of rotatable bonds is 7. The first kappa shape index (κ1) is 29.8. The molecule has 2 aromatic heterocycles. The SMILES string of the molecule is COC(=O)C(C)(C)C(c1ccc(C)c(CO[Si](C)(C)C(C)(C)C)c1)c1ccn2c(C(F)(F)F)nnc2c1C. The molecule has 0 saturated carbocycles. The number of methoxy groups -OCH3 is 1. The molecule has 0 amide bonds. The standard InChI is InChI=1S/C28H38F3N3O3Si/c1-17-11-12-19(15-20(17)16-37-38(9,10)26(3,4)5)22(27(6,7)25(35)36-8)21-13-14-34-23(18(21)2)32-33-24(34)28(29,30)31/h11-15,22H,16H2,1-10H3. The summed E-state index contributed by atoms with van der Waals surface area (Å²) in [6.07, 6.45) is -3.33. The molecule has 38 heavy (non-hydrogen) atoms. The number of esters is 1. The highest BCUT2D eigenvalue weighted by Gasteiger charge is 2.42. The van der Waals surface area contributed by atoms with E-state index in [4.69, 9.17) is 9.16 Å². The molecule has 0 saturated heterocycles. The van der Waals surface area contributed by atoms with Gasteiger partial charge in [0.25, 0.3) is 0 Å². The van der Waals surface area contributed by atoms with E-state index in [-0.39, 0.29) is 10.7 Å². The Labute approximate surface area is 223 Å². The molecule has 0 N–H and O–H groups in total. The molecular formula is C28H38F3N3O3Si. The Bertz CT molecular complexity index is 1340. The molecular weight excluding hydrogens is 511 g/mol. The topological polar surface area (TPSA) is 65.7 Å². The van der Waals surface area contributed by atoms with Crippen molar-refractivity contribution < 1.29 is 27.1 Å². The second-order valence-electron chi connectivity index (χ2n) is 12.0. The zero-order valence-corrected chi connectivity index (χ0v) is 24.9. The van der Waals surface area contributed by atoms with Crippen LogP contribution >= 0.6 is 0 Å². The maximum absolute atomic E-state index is 13.5. The maximum atomic E-state index is 13.5. The van der Waals surface area contributed by atoms with Crippen LogP contribution in [-0.2, 0) is 26.7 Å². The first-order valence-corrected chi connectivity index (χ1v) is 15.5. The molecule has 1 atom stereocenters. The van der Waals surface area contributed by atoms with Gasteiger partial charge in [-0.2, -0.15) is 13.2 Å². The van der Waals surface area contributed by atoms with Gasteiger partial charge in [-0.3, -0.25) is 9.20 Å². The molecule has 3 rings (SSSR count). The van der Waals surface area contributed by atoms with Crippen LogP contribution in [0.4, 0.5) is 13.2 Å². The van der Waals surface area contributed by atoms with Gasteiger partial charge in [-0.05, 0) is 79.7 Å². The van der Waals surface area contributed by atoms with Gasteiger partial charge >= 0.3 is 12.1 Å². The molecule has 0 bridgehead atoms. The lowest BCUT2D eigenvalue weighted by atomic mass is 9.70. The van der Waals surface area contributed by atoms with Crippen molar-refractivity contribution in [2.75, 3.05) is 7.11 Å². The van der Waals surface area contributed by atoms with Crippen molar-refractivity contribution >= 4 is 19.9 Å². The molecule has 0 aliphatic heterocycles. The van der Waals surface area contributed by atoms with E-state index < -0.39 is 37.6 Å². The van der Waals surface area contributed by atoms with Crippen molar-refractivity contribution in [3.05, 3.63) is 64.1 Å². The molecule has 3 aromatic rings. The first-order chi connectivity index (χ1) is 17.3. The van der Waals surface area contributed by atoms with E-state index in [1.54, 1.807) is 26.8 Å². The molecule has 6 nitrogen and oxygen atoms in total. The molecule has 10 heteroatoms. The molecule has 1 aromatic carbocycles. The number of ether oxygens (including phenoxy) is 1. The number of hydrogen-bond acceptors (Lipinski definition) is 5. The number of carbonyl (C=O) groups is 1. The maximum Gasteiger partial charge on any atom is 0.452 e. The molecule has 0 fully saturated rings. The fourth-order valence-electron chi connectivity index (χ4n) is 4.47. The molecule has 0 radical (unpaired) electrons. The highest BCUT2D eigenvalue weighted by molar-refractivity contribution is 6.74. The summed E-state index contributed by atoms with van der Waals surface area (Å²) in [6, 6.07) is 7.59. The number of hydrogen-bond donors (Lipinski definition) is 0. The lowest BCUT2D eigenvalue weighted by molar-refractivity contribution is -0.151. The van der Waals surface area contributed by atoms with Crippen LogP contribution in [0.2, 0.25) is 18.1 Å². The lowest BCUT2D eigenvalue weighted by Crippen LogP contribution is -2.40. The fraction of sp³-hybridized carbons (Fsp3) is 0.536. The summed E-state index contributed by atoms with van der Waals surface area (Å²) in [5.41, 5.74) is 3.13. The van der Waals surface area contributed by atoms with Crippen molar-refractivity contribution in [2.24, 2.45) is 5.41 Å². The van der Waals surface area contributed by atoms with E-state index in [9.17, 15) is 18.0 Å². The van der Waals surface area contributed by atoms with Gasteiger partial charge in [0, 0.05) is 12.1 Å². The predicted octanol–water partition coefficient (Wildman–Crippen LogP) is 7.22. The average molecular weight is 550 g/mol. The molecule has 0 aliphatic rings. The van der Waals surface area contributed by atoms with Crippen LogP contribution in [-0.4, -0.2) is 36.0 Å². The van der Waals surface area contributed by atoms with Crippen molar-refractivity contribution in [3.63, 3.8) is 0 Å². The average Bonchev–Trinajstić information content (AvgIpc) is 3.25. The Hall–Kier alpha value is -2.72. The number of aromatic nitrogens is 3. The number of aryl methyl sites for hydroxylation is 2. The zero-order valence-electron chi connectivity index (χ0n) is 23.9. The van der Waals surface area contributed by atoms with E-state index in [0.29, 0.717) is 17.7 Å². The van der Waals surface area contributed by atoms with Crippen LogP contribution in [0.25, 0.3) is 5.65 Å². The van der Waals surface area contributed by atoms with Gasteiger partial charge in [0.05, 0.1) is 19.1 Å². The van der Waals surface area contributed by atoms with Gasteiger partial charge in [0.15, 0.2) is 14.0 Å². The van der Waals surface area contributed by atoms with Gasteiger partial charge in [0.2, 0.25) is 5.82 Å². The van der Waals surface area contributed by atoms with E-state index in [0.717, 1.165) is 21.1 Å². The Morgan fingerprint density at radius 3 is 2.24 bits per heavy atom. The minimum absolute atomic E-state index is 0.0496. The first-order valence-electron chi connectivity index (χ1n) is 12.6. The quantitative estimate of drug-likeness (QED) is 0.230. The lowest BCUT2D eigenvalue weighted by Gasteiger charge is -2.36. The second-order valence-corrected chi connectivity index (χ2v) is 16.8. The van der Waals surface area contributed by atoms with Gasteiger partial charge in [-0.15, -0.1) is 10.2 Å². The summed E-state index contributed by atoms with van der Waals surface area (Å²) in [4.78, 5) is 13.0. The Kier molecular flexibility index (Phi) is 7.93. The van der Waals surface area contributed by atoms with Crippen LogP contribution in [0, 0.1) is 19.3 Å². The van der Waals surface area contributed by atoms with Crippen molar-refractivity contribution in [1.82, 2.24) is 14.6 Å². The van der Waals surface area contributed by atoms with Crippen molar-refractivity contribution in [1.29, 1.82) is 0 Å². The molecule has 1 unspecified atom stereocenters. The number of fused-ring (bicyclic) bond motifs is 1. The highest BCUT2D eigenvalue weighted by atomic mass is 28.4. The summed E-state index contributed by atoms with van der Waals surface area (Å²) in [5, 5.41) is 7.28. The Morgan fingerprint density at radius 1 is 1.05 bits per heavy atom. The van der Waals surface area contributed by atoms with Crippen LogP contribution in [0.5, 0.6) is 0 Å². The van der Waals surface area contributed by atoms with Crippen LogP contribution < -0.4 is 0 Å². The number of pyridine rings is 1. The van der Waals surface area contributed by atoms with Crippen LogP contribution in [0.15, 0.2) is 30.5 Å². The minimum atomic E-state index is -4.64. The third kappa shape index (κ3) is 5.52. The summed E-state index contributed by atoms with van der Waals surface area (Å²) in [5.74, 6) is -2.05. The summed E-state index contributed by atoms with van der Waals surface area (Å²) in [7, 11) is -0.684. The van der Waals surface area contributed by atoms with Gasteiger partial charge in [0.1, 0.15) is 0 Å². The predicted molar refractivity (Wildman–Crippen MR) is 144 cm³/mol. The largest absolute Gasteiger partial charge is 0.469 e.